The summed E-state index contributed by atoms with van der Waals surface area (Å²) in [5.74, 6) is 1.34. The average molecular weight is 503 g/mol. The molecule has 8 nitrogen and oxygen atoms in total. The Balaban J connectivity index is 1.63. The van der Waals surface area contributed by atoms with Crippen molar-refractivity contribution in [1.29, 1.82) is 0 Å². The molecule has 0 aliphatic rings. The molecule has 0 aliphatic carbocycles. The van der Waals surface area contributed by atoms with Gasteiger partial charge in [0, 0.05) is 30.7 Å². The molecule has 0 spiro atoms. The van der Waals surface area contributed by atoms with Gasteiger partial charge in [0.15, 0.2) is 4.34 Å². The molecule has 0 atom stereocenters. The second-order valence-corrected chi connectivity index (χ2v) is 10.8. The monoisotopic (exact) mass is 502 g/mol. The molecular formula is C24H30N4O4S2. The highest BCUT2D eigenvalue weighted by atomic mass is 32.2. The number of aromatic nitrogens is 3. The zero-order valence-electron chi connectivity index (χ0n) is 19.9. The number of nitrogens with zero attached hydrogens (tertiary/aromatic N) is 4. The van der Waals surface area contributed by atoms with Crippen LogP contribution in [0.4, 0.5) is 5.95 Å². The summed E-state index contributed by atoms with van der Waals surface area (Å²) in [4.78, 5) is 27.2. The molecule has 1 N–H and O–H groups in total. The first-order chi connectivity index (χ1) is 16.3. The van der Waals surface area contributed by atoms with Gasteiger partial charge >= 0.3 is 5.97 Å². The number of thiazole rings is 1. The van der Waals surface area contributed by atoms with Crippen LogP contribution in [0.3, 0.4) is 0 Å². The second kappa shape index (κ2) is 12.0. The summed E-state index contributed by atoms with van der Waals surface area (Å²) < 4.78 is 10.9. The zero-order chi connectivity index (χ0) is 24.6. The number of hydrogen-bond acceptors (Lipinski definition) is 9. The van der Waals surface area contributed by atoms with Crippen LogP contribution in [0.2, 0.25) is 0 Å². The fourth-order valence-electron chi connectivity index (χ4n) is 2.91. The topological polar surface area (TPSA) is 97.7 Å². The standard InChI is InChI=1S/C24H30N4O4S2/c1-5-17-14-25-22(26-15-17)28(12-13-32-20-8-6-19(31-4)7-9-20)11-10-18-16-33-23(27-18)34-24(2,3)21(29)30/h6-9,14-16H,5,10-13H2,1-4H3,(H,29,30). The highest BCUT2D eigenvalue weighted by Crippen LogP contribution is 2.34. The second-order valence-electron chi connectivity index (χ2n) is 8.03. The van der Waals surface area contributed by atoms with E-state index in [1.807, 2.05) is 42.0 Å². The third-order valence-electron chi connectivity index (χ3n) is 5.10. The summed E-state index contributed by atoms with van der Waals surface area (Å²) >= 11 is 2.73. The van der Waals surface area contributed by atoms with Crippen molar-refractivity contribution in [3.8, 4) is 11.5 Å². The SMILES string of the molecule is CCc1cnc(N(CCOc2ccc(OC)cc2)CCc2csc(SC(C)(C)C(=O)O)n2)nc1. The summed E-state index contributed by atoms with van der Waals surface area (Å²) in [5.41, 5.74) is 2.00. The molecule has 0 saturated heterocycles. The first-order valence-electron chi connectivity index (χ1n) is 11.0. The van der Waals surface area contributed by atoms with Crippen LogP contribution in [0.5, 0.6) is 11.5 Å². The molecule has 0 saturated carbocycles. The van der Waals surface area contributed by atoms with E-state index in [2.05, 4.69) is 26.8 Å². The third kappa shape index (κ3) is 7.33. The number of carboxylic acids is 1. The van der Waals surface area contributed by atoms with Crippen LogP contribution < -0.4 is 14.4 Å². The van der Waals surface area contributed by atoms with Gasteiger partial charge in [-0.1, -0.05) is 18.7 Å². The lowest BCUT2D eigenvalue weighted by atomic mass is 10.2. The van der Waals surface area contributed by atoms with Crippen LogP contribution in [-0.4, -0.2) is 57.6 Å². The lowest BCUT2D eigenvalue weighted by Gasteiger charge is -2.22. The van der Waals surface area contributed by atoms with E-state index in [9.17, 15) is 9.90 Å². The number of carboxylic acid groups (broad SMARTS) is 1. The predicted octanol–water partition coefficient (Wildman–Crippen LogP) is 4.59. The molecule has 2 heterocycles. The quantitative estimate of drug-likeness (QED) is 0.337. The molecule has 0 radical (unpaired) electrons. The van der Waals surface area contributed by atoms with E-state index in [4.69, 9.17) is 9.47 Å². The molecule has 0 aliphatic heterocycles. The Morgan fingerprint density at radius 2 is 1.82 bits per heavy atom. The molecule has 10 heteroatoms. The van der Waals surface area contributed by atoms with Crippen molar-refractivity contribution in [2.24, 2.45) is 0 Å². The van der Waals surface area contributed by atoms with Crippen molar-refractivity contribution in [2.45, 2.75) is 42.7 Å². The Morgan fingerprint density at radius 1 is 1.15 bits per heavy atom. The largest absolute Gasteiger partial charge is 0.497 e. The van der Waals surface area contributed by atoms with Crippen LogP contribution in [0.15, 0.2) is 46.4 Å². The summed E-state index contributed by atoms with van der Waals surface area (Å²) in [6, 6.07) is 7.48. The van der Waals surface area contributed by atoms with Crippen molar-refractivity contribution in [2.75, 3.05) is 31.7 Å². The maximum Gasteiger partial charge on any atom is 0.319 e. The molecule has 0 fully saturated rings. The van der Waals surface area contributed by atoms with Gasteiger partial charge in [-0.05, 0) is 50.1 Å². The normalized spacial score (nSPS) is 11.3. The number of aliphatic carboxylic acids is 1. The Kier molecular flexibility index (Phi) is 9.12. The first kappa shape index (κ1) is 25.8. The Morgan fingerprint density at radius 3 is 2.44 bits per heavy atom. The van der Waals surface area contributed by atoms with Crippen molar-refractivity contribution in [3.63, 3.8) is 0 Å². The van der Waals surface area contributed by atoms with E-state index < -0.39 is 10.7 Å². The van der Waals surface area contributed by atoms with Crippen LogP contribution in [0.1, 0.15) is 32.0 Å². The number of hydrogen-bond donors (Lipinski definition) is 1. The summed E-state index contributed by atoms with van der Waals surface area (Å²) in [7, 11) is 1.63. The molecule has 2 aromatic heterocycles. The predicted molar refractivity (Wildman–Crippen MR) is 136 cm³/mol. The Bertz CT molecular complexity index is 1060. The molecule has 3 rings (SSSR count). The van der Waals surface area contributed by atoms with Gasteiger partial charge in [0.1, 0.15) is 22.9 Å². The van der Waals surface area contributed by atoms with E-state index in [1.165, 1.54) is 23.1 Å². The molecule has 0 amide bonds. The van der Waals surface area contributed by atoms with E-state index in [1.54, 1.807) is 21.0 Å². The molecule has 3 aromatic rings. The Hall–Kier alpha value is -2.85. The number of aryl methyl sites for hydroxylation is 1. The van der Waals surface area contributed by atoms with Gasteiger partial charge in [-0.3, -0.25) is 4.79 Å². The van der Waals surface area contributed by atoms with Crippen LogP contribution in [-0.2, 0) is 17.6 Å². The first-order valence-corrected chi connectivity index (χ1v) is 12.7. The number of thioether (sulfide) groups is 1. The van der Waals surface area contributed by atoms with Crippen molar-refractivity contribution in [1.82, 2.24) is 15.0 Å². The van der Waals surface area contributed by atoms with E-state index in [0.717, 1.165) is 33.5 Å². The highest BCUT2D eigenvalue weighted by Gasteiger charge is 2.29. The number of rotatable bonds is 13. The number of methoxy groups -OCH3 is 1. The Labute approximate surface area is 208 Å². The van der Waals surface area contributed by atoms with Crippen LogP contribution >= 0.6 is 23.1 Å². The van der Waals surface area contributed by atoms with E-state index >= 15 is 0 Å². The van der Waals surface area contributed by atoms with Crippen molar-refractivity contribution in [3.05, 3.63) is 53.3 Å². The van der Waals surface area contributed by atoms with E-state index in [0.29, 0.717) is 32.1 Å². The maximum atomic E-state index is 11.4. The molecule has 182 valence electrons. The minimum absolute atomic E-state index is 0.468. The van der Waals surface area contributed by atoms with Gasteiger partial charge in [-0.15, -0.1) is 11.3 Å². The number of ether oxygens (including phenoxy) is 2. The number of anilines is 1. The lowest BCUT2D eigenvalue weighted by molar-refractivity contribution is -0.138. The highest BCUT2D eigenvalue weighted by molar-refractivity contribution is 8.02. The lowest BCUT2D eigenvalue weighted by Crippen LogP contribution is -2.32. The van der Waals surface area contributed by atoms with Gasteiger partial charge in [0.25, 0.3) is 0 Å². The smallest absolute Gasteiger partial charge is 0.319 e. The minimum Gasteiger partial charge on any atom is -0.497 e. The van der Waals surface area contributed by atoms with Crippen molar-refractivity contribution >= 4 is 35.0 Å². The molecule has 0 bridgehead atoms. The summed E-state index contributed by atoms with van der Waals surface area (Å²) in [6.45, 7) is 7.17. The van der Waals surface area contributed by atoms with Gasteiger partial charge < -0.3 is 19.5 Å². The average Bonchev–Trinajstić information content (AvgIpc) is 3.28. The fourth-order valence-corrected chi connectivity index (χ4v) is 5.14. The van der Waals surface area contributed by atoms with Crippen molar-refractivity contribution < 1.29 is 19.4 Å². The van der Waals surface area contributed by atoms with Gasteiger partial charge in [0.05, 0.1) is 19.3 Å². The summed E-state index contributed by atoms with van der Waals surface area (Å²) in [6.07, 6.45) is 5.27. The summed E-state index contributed by atoms with van der Waals surface area (Å²) in [5, 5.41) is 11.3. The molecular weight excluding hydrogens is 472 g/mol. The number of carbonyl (C=O) groups is 1. The zero-order valence-corrected chi connectivity index (χ0v) is 21.5. The minimum atomic E-state index is -0.922. The van der Waals surface area contributed by atoms with Crippen LogP contribution in [0, 0.1) is 0 Å². The van der Waals surface area contributed by atoms with Gasteiger partial charge in [-0.2, -0.15) is 0 Å². The van der Waals surface area contributed by atoms with Crippen LogP contribution in [0.25, 0.3) is 0 Å². The number of benzene rings is 1. The van der Waals surface area contributed by atoms with Gasteiger partial charge in [0.2, 0.25) is 5.95 Å². The fraction of sp³-hybridized carbons (Fsp3) is 0.417. The molecule has 0 unspecified atom stereocenters. The third-order valence-corrected chi connectivity index (χ3v) is 7.27. The molecule has 1 aromatic carbocycles. The van der Waals surface area contributed by atoms with Gasteiger partial charge in [-0.25, -0.2) is 15.0 Å². The maximum absolute atomic E-state index is 11.4. The van der Waals surface area contributed by atoms with E-state index in [-0.39, 0.29) is 0 Å². The molecule has 34 heavy (non-hydrogen) atoms.